The van der Waals surface area contributed by atoms with Crippen LogP contribution in [-0.4, -0.2) is 44.4 Å². The molecular weight excluding hydrogens is 228 g/mol. The number of pyridine rings is 1. The van der Waals surface area contributed by atoms with Crippen LogP contribution < -0.4 is 5.32 Å². The predicted molar refractivity (Wildman–Crippen MR) is 57.9 cm³/mol. The van der Waals surface area contributed by atoms with Crippen LogP contribution in [0.25, 0.3) is 0 Å². The van der Waals surface area contributed by atoms with Crippen molar-refractivity contribution in [3.05, 3.63) is 23.9 Å². The van der Waals surface area contributed by atoms with Crippen LogP contribution in [0.3, 0.4) is 0 Å². The molecule has 7 nitrogen and oxygen atoms in total. The number of aliphatic carboxylic acids is 1. The van der Waals surface area contributed by atoms with Gasteiger partial charge in [-0.15, -0.1) is 0 Å². The van der Waals surface area contributed by atoms with Gasteiger partial charge in [0.1, 0.15) is 11.4 Å². The van der Waals surface area contributed by atoms with E-state index in [9.17, 15) is 14.7 Å². The summed E-state index contributed by atoms with van der Waals surface area (Å²) in [7, 11) is 0. The third kappa shape index (κ3) is 3.15. The lowest BCUT2D eigenvalue weighted by molar-refractivity contribution is -0.140. The highest BCUT2D eigenvalue weighted by Gasteiger charge is 2.25. The second-order valence-corrected chi connectivity index (χ2v) is 3.41. The van der Waals surface area contributed by atoms with E-state index in [1.54, 1.807) is 0 Å². The Morgan fingerprint density at radius 2 is 2.06 bits per heavy atom. The fourth-order valence-corrected chi connectivity index (χ4v) is 1.23. The zero-order valence-corrected chi connectivity index (χ0v) is 8.99. The van der Waals surface area contributed by atoms with Gasteiger partial charge in [-0.3, -0.25) is 0 Å². The van der Waals surface area contributed by atoms with Crippen molar-refractivity contribution < 1.29 is 24.9 Å². The third-order valence-electron chi connectivity index (χ3n) is 2.08. The number of hydrogen-bond acceptors (Lipinski definition) is 5. The van der Waals surface area contributed by atoms with Crippen molar-refractivity contribution in [2.45, 2.75) is 19.1 Å². The zero-order valence-electron chi connectivity index (χ0n) is 8.99. The molecule has 0 fully saturated rings. The number of carbonyl (C=O) groups is 2. The molecule has 4 N–H and O–H groups in total. The summed E-state index contributed by atoms with van der Waals surface area (Å²) in [5, 5.41) is 29.3. The van der Waals surface area contributed by atoms with E-state index in [2.05, 4.69) is 10.3 Å². The molecule has 2 atom stereocenters. The van der Waals surface area contributed by atoms with Crippen LogP contribution in [-0.2, 0) is 4.79 Å². The molecule has 0 saturated heterocycles. The Morgan fingerprint density at radius 3 is 2.53 bits per heavy atom. The maximum absolute atomic E-state index is 10.9. The number of aromatic carboxylic acids is 1. The number of carboxylic acids is 2. The van der Waals surface area contributed by atoms with Gasteiger partial charge in [0.05, 0.1) is 6.10 Å². The van der Waals surface area contributed by atoms with Crippen LogP contribution in [0.4, 0.5) is 5.82 Å². The maximum Gasteiger partial charge on any atom is 0.339 e. The predicted octanol–water partition coefficient (Wildman–Crippen LogP) is 0.0257. The molecule has 92 valence electrons. The van der Waals surface area contributed by atoms with Crippen LogP contribution in [0.15, 0.2) is 18.3 Å². The lowest BCUT2D eigenvalue weighted by Crippen LogP contribution is -2.39. The monoisotopic (exact) mass is 240 g/mol. The largest absolute Gasteiger partial charge is 0.480 e. The summed E-state index contributed by atoms with van der Waals surface area (Å²) in [4.78, 5) is 25.4. The molecule has 0 aliphatic rings. The smallest absolute Gasteiger partial charge is 0.339 e. The minimum absolute atomic E-state index is 0.0895. The first-order valence-corrected chi connectivity index (χ1v) is 4.79. The van der Waals surface area contributed by atoms with Crippen molar-refractivity contribution in [2.24, 2.45) is 0 Å². The molecule has 1 aromatic rings. The Balaban J connectivity index is 3.01. The fourth-order valence-electron chi connectivity index (χ4n) is 1.23. The molecule has 0 saturated carbocycles. The van der Waals surface area contributed by atoms with Gasteiger partial charge in [0, 0.05) is 6.20 Å². The molecular formula is C10H12N2O5. The van der Waals surface area contributed by atoms with Crippen molar-refractivity contribution in [3.8, 4) is 0 Å². The summed E-state index contributed by atoms with van der Waals surface area (Å²) < 4.78 is 0. The summed E-state index contributed by atoms with van der Waals surface area (Å²) in [5.41, 5.74) is -0.153. The van der Waals surface area contributed by atoms with E-state index in [1.807, 2.05) is 0 Å². The van der Waals surface area contributed by atoms with Crippen LogP contribution in [0.2, 0.25) is 0 Å². The van der Waals surface area contributed by atoms with Gasteiger partial charge in [-0.1, -0.05) is 0 Å². The van der Waals surface area contributed by atoms with Crippen molar-refractivity contribution in [2.75, 3.05) is 5.32 Å². The molecule has 0 aliphatic carbocycles. The Hall–Kier alpha value is -2.15. The molecule has 2 unspecified atom stereocenters. The number of hydrogen-bond donors (Lipinski definition) is 4. The lowest BCUT2D eigenvalue weighted by atomic mass is 10.1. The van der Waals surface area contributed by atoms with Gasteiger partial charge in [0.15, 0.2) is 6.04 Å². The Labute approximate surface area is 96.7 Å². The molecule has 0 spiro atoms. The van der Waals surface area contributed by atoms with E-state index in [1.165, 1.54) is 25.3 Å². The van der Waals surface area contributed by atoms with Crippen molar-refractivity contribution in [3.63, 3.8) is 0 Å². The summed E-state index contributed by atoms with van der Waals surface area (Å²) in [6, 6.07) is 1.40. The quantitative estimate of drug-likeness (QED) is 0.572. The van der Waals surface area contributed by atoms with E-state index in [4.69, 9.17) is 10.2 Å². The van der Waals surface area contributed by atoms with E-state index >= 15 is 0 Å². The minimum atomic E-state index is -1.32. The Kier molecular flexibility index (Phi) is 4.00. The molecule has 0 aliphatic heterocycles. The number of nitrogens with zero attached hydrogens (tertiary/aromatic N) is 1. The Morgan fingerprint density at radius 1 is 1.41 bits per heavy atom. The van der Waals surface area contributed by atoms with E-state index in [-0.39, 0.29) is 11.4 Å². The molecule has 0 radical (unpaired) electrons. The number of rotatable bonds is 5. The first kappa shape index (κ1) is 12.9. The average molecular weight is 240 g/mol. The number of anilines is 1. The summed E-state index contributed by atoms with van der Waals surface area (Å²) in [6.07, 6.45) is 0.145. The first-order valence-electron chi connectivity index (χ1n) is 4.79. The highest BCUT2D eigenvalue weighted by molar-refractivity contribution is 5.93. The van der Waals surface area contributed by atoms with Crippen molar-refractivity contribution in [1.29, 1.82) is 0 Å². The molecule has 0 aromatic carbocycles. The van der Waals surface area contributed by atoms with Crippen molar-refractivity contribution in [1.82, 2.24) is 4.98 Å². The van der Waals surface area contributed by atoms with E-state index < -0.39 is 24.1 Å². The van der Waals surface area contributed by atoms with Gasteiger partial charge in [-0.25, -0.2) is 14.6 Å². The van der Waals surface area contributed by atoms with Gasteiger partial charge in [0.25, 0.3) is 0 Å². The summed E-state index contributed by atoms with van der Waals surface area (Å²) >= 11 is 0. The van der Waals surface area contributed by atoms with Crippen molar-refractivity contribution >= 4 is 17.8 Å². The standard InChI is InChI=1S/C10H12N2O5/c1-5(13)7(10(16)17)12-8-6(9(14)15)3-2-4-11-8/h2-5,7,13H,1H3,(H,11,12)(H,14,15)(H,16,17). The maximum atomic E-state index is 10.9. The number of aromatic nitrogens is 1. The molecule has 17 heavy (non-hydrogen) atoms. The zero-order chi connectivity index (χ0) is 13.0. The van der Waals surface area contributed by atoms with E-state index in [0.717, 1.165) is 0 Å². The van der Waals surface area contributed by atoms with Gasteiger partial charge in [0.2, 0.25) is 0 Å². The van der Waals surface area contributed by atoms with Gasteiger partial charge in [-0.05, 0) is 19.1 Å². The number of aliphatic hydroxyl groups is 1. The number of aliphatic hydroxyl groups excluding tert-OH is 1. The van der Waals surface area contributed by atoms with Crippen LogP contribution in [0.5, 0.6) is 0 Å². The average Bonchev–Trinajstić information content (AvgIpc) is 2.25. The topological polar surface area (TPSA) is 120 Å². The Bertz CT molecular complexity index is 432. The summed E-state index contributed by atoms with van der Waals surface area (Å²) in [5.74, 6) is -2.61. The number of carboxylic acid groups (broad SMARTS) is 2. The second-order valence-electron chi connectivity index (χ2n) is 3.41. The number of nitrogens with one attached hydrogen (secondary N) is 1. The van der Waals surface area contributed by atoms with E-state index in [0.29, 0.717) is 0 Å². The fraction of sp³-hybridized carbons (Fsp3) is 0.300. The molecule has 1 heterocycles. The van der Waals surface area contributed by atoms with Crippen LogP contribution in [0.1, 0.15) is 17.3 Å². The molecule has 0 amide bonds. The first-order chi connectivity index (χ1) is 7.93. The van der Waals surface area contributed by atoms with Gasteiger partial charge < -0.3 is 20.6 Å². The normalized spacial score (nSPS) is 13.8. The lowest BCUT2D eigenvalue weighted by Gasteiger charge is -2.18. The minimum Gasteiger partial charge on any atom is -0.480 e. The third-order valence-corrected chi connectivity index (χ3v) is 2.08. The molecule has 1 rings (SSSR count). The van der Waals surface area contributed by atoms with Crippen LogP contribution >= 0.6 is 0 Å². The summed E-state index contributed by atoms with van der Waals surface area (Å²) in [6.45, 7) is 1.29. The second kappa shape index (κ2) is 5.26. The highest BCUT2D eigenvalue weighted by Crippen LogP contribution is 2.13. The van der Waals surface area contributed by atoms with Crippen LogP contribution in [0, 0.1) is 0 Å². The molecule has 1 aromatic heterocycles. The van der Waals surface area contributed by atoms with Gasteiger partial charge in [-0.2, -0.15) is 0 Å². The SMILES string of the molecule is CC(O)C(Nc1ncccc1C(=O)O)C(=O)O. The highest BCUT2D eigenvalue weighted by atomic mass is 16.4. The molecule has 7 heteroatoms. The molecule has 0 bridgehead atoms. The van der Waals surface area contributed by atoms with Gasteiger partial charge >= 0.3 is 11.9 Å².